The van der Waals surface area contributed by atoms with E-state index in [4.69, 9.17) is 52.1 Å². The summed E-state index contributed by atoms with van der Waals surface area (Å²) in [5.41, 5.74) is 0. The van der Waals surface area contributed by atoms with Crippen molar-refractivity contribution in [3.63, 3.8) is 0 Å². The van der Waals surface area contributed by atoms with Crippen molar-refractivity contribution < 1.29 is 179 Å². The summed E-state index contributed by atoms with van der Waals surface area (Å²) in [4.78, 5) is 52.7. The second-order valence-electron chi connectivity index (χ2n) is 23.2. The van der Waals surface area contributed by atoms with Crippen LogP contribution in [0.3, 0.4) is 0 Å². The Bertz CT molecular complexity index is 2300. The maximum Gasteiger partial charge on any atom is 0.364 e. The molecule has 6 rings (SSSR count). The van der Waals surface area contributed by atoms with Crippen LogP contribution in [0.25, 0.3) is 0 Å². The van der Waals surface area contributed by atoms with Gasteiger partial charge < -0.3 is 165 Å². The number of nitrogens with one attached hydrogen (secondary N) is 1. The fraction of sp³-hybridized carbons (Fsp3) is 0.922. The average molecular weight is 1290 g/mol. The molecule has 0 spiro atoms. The van der Waals surface area contributed by atoms with Crippen LogP contribution in [0.2, 0.25) is 0 Å². The van der Waals surface area contributed by atoms with Gasteiger partial charge in [-0.1, -0.05) is 20.8 Å². The van der Waals surface area contributed by atoms with Gasteiger partial charge >= 0.3 is 17.9 Å². The van der Waals surface area contributed by atoms with Crippen LogP contribution in [0, 0.1) is 17.8 Å². The van der Waals surface area contributed by atoms with E-state index < -0.39 is 283 Å². The predicted octanol–water partition coefficient (Wildman–Crippen LogP) is -11.4. The van der Waals surface area contributed by atoms with E-state index in [1.807, 2.05) is 0 Å². The number of rotatable bonds is 26. The molecule has 6 heterocycles. The number of aliphatic hydroxyl groups is 18. The Labute approximate surface area is 500 Å². The molecule has 0 aromatic carbocycles. The van der Waals surface area contributed by atoms with E-state index in [0.717, 1.165) is 6.92 Å². The number of ether oxygens (including phenoxy) is 11. The minimum atomic E-state index is -3.25. The van der Waals surface area contributed by atoms with Crippen molar-refractivity contribution in [3.05, 3.63) is 0 Å². The van der Waals surface area contributed by atoms with Crippen LogP contribution in [0.4, 0.5) is 0 Å². The van der Waals surface area contributed by atoms with Gasteiger partial charge in [-0.05, 0) is 6.92 Å². The Balaban J connectivity index is 1.33. The average Bonchev–Trinajstić information content (AvgIpc) is 0.816. The molecule has 37 nitrogen and oxygen atoms in total. The summed E-state index contributed by atoms with van der Waals surface area (Å²) in [5, 5.41) is 230. The normalized spacial score (nSPS) is 45.5. The smallest absolute Gasteiger partial charge is 0.364 e. The molecular weight excluding hydrogens is 1200 g/mol. The lowest BCUT2D eigenvalue weighted by Gasteiger charge is -2.52. The monoisotopic (exact) mass is 1290 g/mol. The Kier molecular flexibility index (Phi) is 25.3. The van der Waals surface area contributed by atoms with Crippen LogP contribution in [-0.2, 0) is 71.3 Å². The lowest BCUT2D eigenvalue weighted by Crippen LogP contribution is -2.71. The van der Waals surface area contributed by atoms with Crippen molar-refractivity contribution >= 4 is 23.8 Å². The van der Waals surface area contributed by atoms with Gasteiger partial charge in [-0.15, -0.1) is 0 Å². The summed E-state index contributed by atoms with van der Waals surface area (Å²) in [7, 11) is 0. The van der Waals surface area contributed by atoms with Gasteiger partial charge in [0.25, 0.3) is 17.4 Å². The highest BCUT2D eigenvalue weighted by Gasteiger charge is 2.63. The van der Waals surface area contributed by atoms with E-state index in [1.54, 1.807) is 0 Å². The zero-order valence-corrected chi connectivity index (χ0v) is 48.2. The first-order chi connectivity index (χ1) is 41.2. The van der Waals surface area contributed by atoms with Crippen molar-refractivity contribution in [2.24, 2.45) is 17.8 Å². The van der Waals surface area contributed by atoms with Gasteiger partial charge in [0.2, 0.25) is 5.91 Å². The van der Waals surface area contributed by atoms with Gasteiger partial charge in [-0.25, -0.2) is 14.4 Å². The van der Waals surface area contributed by atoms with Gasteiger partial charge in [0.15, 0.2) is 12.6 Å². The molecule has 0 radical (unpaired) electrons. The summed E-state index contributed by atoms with van der Waals surface area (Å²) in [6.07, 6.45) is -55.5. The van der Waals surface area contributed by atoms with Gasteiger partial charge in [0.05, 0.1) is 82.4 Å². The van der Waals surface area contributed by atoms with Crippen LogP contribution in [0.5, 0.6) is 0 Å². The molecule has 33 atom stereocenters. The molecule has 0 bridgehead atoms. The van der Waals surface area contributed by atoms with Crippen LogP contribution in [0.15, 0.2) is 0 Å². The minimum absolute atomic E-state index is 0.929. The Morgan fingerprint density at radius 2 is 0.886 bits per heavy atom. The summed E-state index contributed by atoms with van der Waals surface area (Å²) in [6.45, 7) is -0.836. The summed E-state index contributed by atoms with van der Waals surface area (Å²) < 4.78 is 64.6. The highest BCUT2D eigenvalue weighted by molar-refractivity contribution is 5.77. The highest BCUT2D eigenvalue weighted by atomic mass is 16.8. The third-order valence-electron chi connectivity index (χ3n) is 17.2. The highest BCUT2D eigenvalue weighted by Crippen LogP contribution is 2.45. The zero-order valence-electron chi connectivity index (χ0n) is 48.2. The second-order valence-corrected chi connectivity index (χ2v) is 23.2. The number of hydrogen-bond acceptors (Lipinski definition) is 33. The maximum absolute atomic E-state index is 13.6. The van der Waals surface area contributed by atoms with E-state index >= 15 is 0 Å². The first-order valence-electron chi connectivity index (χ1n) is 28.3. The predicted molar refractivity (Wildman–Crippen MR) is 275 cm³/mol. The lowest BCUT2D eigenvalue weighted by atomic mass is 9.83. The molecule has 88 heavy (non-hydrogen) atoms. The first-order valence-corrected chi connectivity index (χ1v) is 28.3. The number of aliphatic hydroxyl groups excluding tert-OH is 18. The largest absolute Gasteiger partial charge is 0.477 e. The molecule has 22 N–H and O–H groups in total. The van der Waals surface area contributed by atoms with Crippen molar-refractivity contribution in [2.75, 3.05) is 39.6 Å². The number of carboxylic acids is 3. The third kappa shape index (κ3) is 15.0. The minimum Gasteiger partial charge on any atom is -0.477 e. The van der Waals surface area contributed by atoms with E-state index in [9.17, 15) is 126 Å². The van der Waals surface area contributed by atoms with Gasteiger partial charge in [-0.3, -0.25) is 4.79 Å². The number of hydrogen-bond donors (Lipinski definition) is 22. The van der Waals surface area contributed by atoms with E-state index in [0.29, 0.717) is 0 Å². The first kappa shape index (κ1) is 73.8. The third-order valence-corrected chi connectivity index (χ3v) is 17.2. The van der Waals surface area contributed by atoms with Gasteiger partial charge in [0, 0.05) is 43.9 Å². The van der Waals surface area contributed by atoms with Crippen LogP contribution < -0.4 is 5.32 Å². The number of carbonyl (C=O) groups excluding carboxylic acids is 1. The Morgan fingerprint density at radius 1 is 0.489 bits per heavy atom. The quantitative estimate of drug-likeness (QED) is 0.0382. The number of aliphatic carboxylic acids is 3. The Hall–Kier alpha value is -3.28. The standard InChI is InChI=1S/C51H85NO36/c1-15-20(60)6-49(46(72)73,84-37(15)31(66)23(63)9-53)83-27(13-57)35(70)39-17(3)22(62)8-51(86-39,48(76)77)88-43-30(65)18(4)78-28(14-58)40(43)81-44-29(52-19(5)59)41(33(68)25(11-55)79-44)82-45-36(71)42(34(69)26(12-56)80-45)87-50(47(74)75)7-21(61)16(2)38(85-50)32(67)24(64)10-54/h15-18,20-45,53-58,60-71H,6-14H2,1-5H3,(H,52,59)(H,72,73)(H,74,75)(H,76,77)/t15?,16?,17?,18?,20?,21?,22?,23-,24-,25?,26?,27-,28?,29?,30?,31-,32-,33?,34?,35-,36?,37?,38?,39?,40?,41?,42?,43?,44?,45?,49?,50?,51?/m1/s1. The summed E-state index contributed by atoms with van der Waals surface area (Å²) in [6, 6.07) is -1.97. The summed E-state index contributed by atoms with van der Waals surface area (Å²) >= 11 is 0. The molecule has 0 aliphatic carbocycles. The molecule has 0 aromatic heterocycles. The lowest BCUT2D eigenvalue weighted by molar-refractivity contribution is -0.391. The molecule has 1 amide bonds. The molecular formula is C51H85NO36. The molecule has 510 valence electrons. The second kappa shape index (κ2) is 30.2. The van der Waals surface area contributed by atoms with Crippen LogP contribution >= 0.6 is 0 Å². The van der Waals surface area contributed by atoms with E-state index in [-0.39, 0.29) is 0 Å². The van der Waals surface area contributed by atoms with Gasteiger partial charge in [-0.2, -0.15) is 0 Å². The number of carboxylic acid groups (broad SMARTS) is 3. The molecule has 37 heteroatoms. The maximum atomic E-state index is 13.6. The molecule has 27 unspecified atom stereocenters. The fourth-order valence-corrected chi connectivity index (χ4v) is 11.8. The van der Waals surface area contributed by atoms with Crippen LogP contribution in [-0.4, -0.2) is 353 Å². The number of amides is 1. The topological polar surface area (TPSA) is 607 Å². The van der Waals surface area contributed by atoms with Crippen molar-refractivity contribution in [2.45, 2.75) is 236 Å². The molecule has 0 saturated carbocycles. The van der Waals surface area contributed by atoms with Crippen molar-refractivity contribution in [3.8, 4) is 0 Å². The fourth-order valence-electron chi connectivity index (χ4n) is 11.8. The molecule has 6 saturated heterocycles. The molecule has 6 aliphatic heterocycles. The van der Waals surface area contributed by atoms with E-state index in [2.05, 4.69) is 5.32 Å². The molecule has 0 aromatic rings. The summed E-state index contributed by atoms with van der Waals surface area (Å²) in [5.74, 6) is -20.2. The van der Waals surface area contributed by atoms with Crippen LogP contribution in [0.1, 0.15) is 53.9 Å². The molecule has 6 aliphatic rings. The molecule has 6 fully saturated rings. The van der Waals surface area contributed by atoms with Crippen molar-refractivity contribution in [1.82, 2.24) is 5.32 Å². The number of carbonyl (C=O) groups is 4. The van der Waals surface area contributed by atoms with Gasteiger partial charge in [0.1, 0.15) is 110 Å². The Morgan fingerprint density at radius 3 is 1.31 bits per heavy atom. The van der Waals surface area contributed by atoms with E-state index in [1.165, 1.54) is 27.7 Å². The SMILES string of the molecule is CC(=O)NC1C(OC2C(CO)OC(C)C(O)C2OC2(C(=O)O)CC(O)C(C)C([C@H](O)[C@@H](CO)OC3(C(=O)O)CC(O)C(C)C([C@H](O)[C@H](O)CO)O3)O2)OC(CO)C(O)C1OC1OC(CO)C(O)C(OC2(C(=O)O)CC(O)C(C)C([C@H](O)[C@H](O)CO)O2)C1O. The van der Waals surface area contributed by atoms with Crippen molar-refractivity contribution in [1.29, 1.82) is 0 Å². The zero-order chi connectivity index (χ0) is 66.0.